The normalized spacial score (nSPS) is 15.8. The summed E-state index contributed by atoms with van der Waals surface area (Å²) in [7, 11) is -0.699. The van der Waals surface area contributed by atoms with Crippen molar-refractivity contribution < 1.29 is 22.3 Å². The van der Waals surface area contributed by atoms with Crippen LogP contribution in [0.15, 0.2) is 65.6 Å². The minimum Gasteiger partial charge on any atom is -0.469 e. The number of likely N-dealkylation sites (N-methyl/N-ethyl adjacent to an activating group) is 1. The van der Waals surface area contributed by atoms with Crippen molar-refractivity contribution in [2.75, 3.05) is 29.9 Å². The molecule has 6 nitrogen and oxygen atoms in total. The first-order valence-corrected chi connectivity index (χ1v) is 14.0. The number of methoxy groups -OCH3 is 1. The Bertz CT molecular complexity index is 1490. The third-order valence-electron chi connectivity index (χ3n) is 6.80. The standard InChI is InChI=1S/C29H30ClFN2O4S/c1-19-7-5-8-23(15-19)38(35,36)33-18-22(12-14-28(34)37-4)32(3)26-13-11-21(17-27(26)33)16-20(2)29-24(30)9-6-10-25(29)31/h5-11,13,15-17,22H,12,14,18H2,1-4H3/b20-16+/t22-/m0/s1. The molecule has 1 aliphatic rings. The molecule has 3 aromatic rings. The third kappa shape index (κ3) is 5.56. The minimum atomic E-state index is -3.92. The molecule has 0 spiro atoms. The molecule has 1 aliphatic heterocycles. The summed E-state index contributed by atoms with van der Waals surface area (Å²) in [5, 5.41) is 0.300. The first-order valence-electron chi connectivity index (χ1n) is 12.2. The molecule has 4 rings (SSSR count). The number of aryl methyl sites for hydroxylation is 1. The molecule has 0 bridgehead atoms. The van der Waals surface area contributed by atoms with Crippen LogP contribution in [-0.2, 0) is 19.6 Å². The average Bonchev–Trinajstić information content (AvgIpc) is 2.87. The first-order chi connectivity index (χ1) is 18.0. The van der Waals surface area contributed by atoms with E-state index in [-0.39, 0.29) is 29.9 Å². The van der Waals surface area contributed by atoms with Gasteiger partial charge in [-0.05, 0) is 73.4 Å². The van der Waals surface area contributed by atoms with Gasteiger partial charge >= 0.3 is 5.97 Å². The fraction of sp³-hybridized carbons (Fsp3) is 0.276. The van der Waals surface area contributed by atoms with Crippen LogP contribution in [0.3, 0.4) is 0 Å². The number of allylic oxidation sites excluding steroid dienone is 1. The molecule has 0 fully saturated rings. The molecule has 9 heteroatoms. The Balaban J connectivity index is 1.81. The van der Waals surface area contributed by atoms with Crippen molar-refractivity contribution in [3.05, 3.63) is 88.2 Å². The molecule has 38 heavy (non-hydrogen) atoms. The average molecular weight is 557 g/mol. The number of benzene rings is 3. The summed E-state index contributed by atoms with van der Waals surface area (Å²) in [6, 6.07) is 16.6. The second-order valence-corrected chi connectivity index (χ2v) is 11.7. The molecule has 0 unspecified atom stereocenters. The SMILES string of the molecule is COC(=O)CC[C@H]1CN(S(=O)(=O)c2cccc(C)c2)c2cc(/C=C(\C)c3c(F)cccc3Cl)ccc2N1C. The van der Waals surface area contributed by atoms with Gasteiger partial charge in [-0.3, -0.25) is 9.10 Å². The Morgan fingerprint density at radius 2 is 1.87 bits per heavy atom. The highest BCUT2D eigenvalue weighted by atomic mass is 35.5. The fourth-order valence-electron chi connectivity index (χ4n) is 4.74. The molecule has 200 valence electrons. The molecule has 0 aromatic heterocycles. The highest BCUT2D eigenvalue weighted by molar-refractivity contribution is 7.92. The Morgan fingerprint density at radius 3 is 2.55 bits per heavy atom. The van der Waals surface area contributed by atoms with Crippen molar-refractivity contribution >= 4 is 50.6 Å². The van der Waals surface area contributed by atoms with Crippen molar-refractivity contribution in [1.82, 2.24) is 0 Å². The number of carbonyl (C=O) groups excluding carboxylic acids is 1. The number of ether oxygens (including phenoxy) is 1. The van der Waals surface area contributed by atoms with Gasteiger partial charge in [0.15, 0.2) is 0 Å². The summed E-state index contributed by atoms with van der Waals surface area (Å²) in [4.78, 5) is 14.0. The summed E-state index contributed by atoms with van der Waals surface area (Å²) in [6.07, 6.45) is 2.38. The monoisotopic (exact) mass is 556 g/mol. The van der Waals surface area contributed by atoms with E-state index in [1.54, 1.807) is 49.4 Å². The Labute approximate surface area is 228 Å². The van der Waals surface area contributed by atoms with Crippen LogP contribution in [-0.4, -0.2) is 41.1 Å². The van der Waals surface area contributed by atoms with Gasteiger partial charge in [-0.1, -0.05) is 41.9 Å². The second-order valence-electron chi connectivity index (χ2n) is 9.40. The van der Waals surface area contributed by atoms with E-state index in [1.807, 2.05) is 37.1 Å². The molecule has 0 amide bonds. The second kappa shape index (κ2) is 11.2. The van der Waals surface area contributed by atoms with Crippen molar-refractivity contribution in [2.45, 2.75) is 37.6 Å². The number of hydrogen-bond acceptors (Lipinski definition) is 5. The van der Waals surface area contributed by atoms with E-state index in [1.165, 1.54) is 17.5 Å². The van der Waals surface area contributed by atoms with Crippen LogP contribution in [0.2, 0.25) is 5.02 Å². The number of nitrogens with zero attached hydrogens (tertiary/aromatic N) is 2. The van der Waals surface area contributed by atoms with E-state index < -0.39 is 15.8 Å². The summed E-state index contributed by atoms with van der Waals surface area (Å²) in [5.41, 5.74) is 3.66. The number of carbonyl (C=O) groups is 1. The largest absolute Gasteiger partial charge is 0.469 e. The zero-order chi connectivity index (χ0) is 27.6. The fourth-order valence-corrected chi connectivity index (χ4v) is 6.66. The van der Waals surface area contributed by atoms with Crippen molar-refractivity contribution in [2.24, 2.45) is 0 Å². The number of fused-ring (bicyclic) bond motifs is 1. The number of anilines is 2. The number of rotatable bonds is 7. The van der Waals surface area contributed by atoms with Crippen LogP contribution in [0.1, 0.15) is 36.5 Å². The van der Waals surface area contributed by atoms with Gasteiger partial charge in [0.2, 0.25) is 0 Å². The quantitative estimate of drug-likeness (QED) is 0.252. The maximum Gasteiger partial charge on any atom is 0.305 e. The number of esters is 1. The van der Waals surface area contributed by atoms with Crippen molar-refractivity contribution in [3.8, 4) is 0 Å². The lowest BCUT2D eigenvalue weighted by atomic mass is 10.0. The molecule has 1 heterocycles. The topological polar surface area (TPSA) is 66.9 Å². The van der Waals surface area contributed by atoms with Gasteiger partial charge < -0.3 is 9.64 Å². The Hall–Kier alpha value is -3.36. The van der Waals surface area contributed by atoms with Gasteiger partial charge in [0, 0.05) is 25.1 Å². The highest BCUT2D eigenvalue weighted by Crippen LogP contribution is 2.40. The molecule has 0 aliphatic carbocycles. The zero-order valence-corrected chi connectivity index (χ0v) is 23.3. The van der Waals surface area contributed by atoms with Crippen LogP contribution in [0, 0.1) is 12.7 Å². The molecule has 1 atom stereocenters. The lowest BCUT2D eigenvalue weighted by Crippen LogP contribution is -2.49. The smallest absolute Gasteiger partial charge is 0.305 e. The van der Waals surface area contributed by atoms with Gasteiger partial charge in [-0.25, -0.2) is 12.8 Å². The van der Waals surface area contributed by atoms with E-state index in [2.05, 4.69) is 0 Å². The Kier molecular flexibility index (Phi) is 8.13. The van der Waals surface area contributed by atoms with E-state index in [0.29, 0.717) is 39.5 Å². The van der Waals surface area contributed by atoms with E-state index in [0.717, 1.165) is 5.56 Å². The summed E-state index contributed by atoms with van der Waals surface area (Å²) in [6.45, 7) is 3.76. The molecule has 0 saturated carbocycles. The predicted octanol–water partition coefficient (Wildman–Crippen LogP) is 6.31. The lowest BCUT2D eigenvalue weighted by Gasteiger charge is -2.42. The maximum absolute atomic E-state index is 14.5. The number of halogens is 2. The predicted molar refractivity (Wildman–Crippen MR) is 151 cm³/mol. The highest BCUT2D eigenvalue weighted by Gasteiger charge is 2.36. The number of sulfonamides is 1. The number of hydrogen-bond donors (Lipinski definition) is 0. The summed E-state index contributed by atoms with van der Waals surface area (Å²) in [5.74, 6) is -0.777. The molecule has 0 saturated heterocycles. The maximum atomic E-state index is 14.5. The summed E-state index contributed by atoms with van der Waals surface area (Å²) >= 11 is 6.26. The molecular formula is C29H30ClFN2O4S. The van der Waals surface area contributed by atoms with Crippen LogP contribution in [0.4, 0.5) is 15.8 Å². The van der Waals surface area contributed by atoms with Crippen LogP contribution in [0.25, 0.3) is 11.6 Å². The van der Waals surface area contributed by atoms with Gasteiger partial charge in [-0.2, -0.15) is 0 Å². The molecular weight excluding hydrogens is 527 g/mol. The van der Waals surface area contributed by atoms with Crippen molar-refractivity contribution in [3.63, 3.8) is 0 Å². The van der Waals surface area contributed by atoms with Gasteiger partial charge in [0.05, 0.1) is 34.9 Å². The molecule has 3 aromatic carbocycles. The molecule has 0 N–H and O–H groups in total. The van der Waals surface area contributed by atoms with Crippen LogP contribution < -0.4 is 9.21 Å². The van der Waals surface area contributed by atoms with Crippen LogP contribution >= 0.6 is 11.6 Å². The first kappa shape index (κ1) is 27.7. The van der Waals surface area contributed by atoms with Gasteiger partial charge in [-0.15, -0.1) is 0 Å². The Morgan fingerprint density at radius 1 is 1.13 bits per heavy atom. The zero-order valence-electron chi connectivity index (χ0n) is 21.7. The van der Waals surface area contributed by atoms with Gasteiger partial charge in [0.1, 0.15) is 5.82 Å². The van der Waals surface area contributed by atoms with Gasteiger partial charge in [0.25, 0.3) is 10.0 Å². The van der Waals surface area contributed by atoms with E-state index in [4.69, 9.17) is 16.3 Å². The lowest BCUT2D eigenvalue weighted by molar-refractivity contribution is -0.140. The summed E-state index contributed by atoms with van der Waals surface area (Å²) < 4.78 is 48.6. The van der Waals surface area contributed by atoms with E-state index >= 15 is 0 Å². The minimum absolute atomic E-state index is 0.155. The van der Waals surface area contributed by atoms with Crippen LogP contribution in [0.5, 0.6) is 0 Å². The van der Waals surface area contributed by atoms with E-state index in [9.17, 15) is 17.6 Å². The third-order valence-corrected chi connectivity index (χ3v) is 8.89. The molecule has 0 radical (unpaired) electrons. The van der Waals surface area contributed by atoms with Crippen molar-refractivity contribution in [1.29, 1.82) is 0 Å².